The second-order valence-electron chi connectivity index (χ2n) is 4.82. The Balaban J connectivity index is 2.00. The van der Waals surface area contributed by atoms with Crippen molar-refractivity contribution in [2.45, 2.75) is 12.6 Å². The van der Waals surface area contributed by atoms with Gasteiger partial charge in [0, 0.05) is 24.6 Å². The molecule has 0 aliphatic carbocycles. The van der Waals surface area contributed by atoms with Gasteiger partial charge in [-0.05, 0) is 36.8 Å². The molecule has 1 saturated heterocycles. The first-order chi connectivity index (χ1) is 9.90. The Labute approximate surface area is 121 Å². The van der Waals surface area contributed by atoms with Crippen LogP contribution in [-0.4, -0.2) is 23.9 Å². The van der Waals surface area contributed by atoms with Crippen LogP contribution in [0.1, 0.15) is 17.5 Å². The molecule has 1 aliphatic rings. The minimum atomic E-state index is -4.33. The second-order valence-corrected chi connectivity index (χ2v) is 4.82. The van der Waals surface area contributed by atoms with Crippen LogP contribution in [0.4, 0.5) is 13.2 Å². The maximum atomic E-state index is 12.4. The largest absolute Gasteiger partial charge is 0.416 e. The van der Waals surface area contributed by atoms with Gasteiger partial charge in [-0.15, -0.1) is 0 Å². The Morgan fingerprint density at radius 3 is 2.57 bits per heavy atom. The average molecular weight is 293 g/mol. The van der Waals surface area contributed by atoms with E-state index in [1.165, 1.54) is 18.2 Å². The number of alkyl halides is 3. The van der Waals surface area contributed by atoms with Crippen LogP contribution in [0.2, 0.25) is 0 Å². The van der Waals surface area contributed by atoms with E-state index in [9.17, 15) is 18.0 Å². The van der Waals surface area contributed by atoms with Crippen molar-refractivity contribution < 1.29 is 18.0 Å². The van der Waals surface area contributed by atoms with Crippen LogP contribution in [0, 0.1) is 17.8 Å². The van der Waals surface area contributed by atoms with Crippen molar-refractivity contribution in [2.24, 2.45) is 5.92 Å². The second kappa shape index (κ2) is 6.04. The molecule has 21 heavy (non-hydrogen) atoms. The van der Waals surface area contributed by atoms with Crippen molar-refractivity contribution in [3.63, 3.8) is 0 Å². The summed E-state index contributed by atoms with van der Waals surface area (Å²) in [5.41, 5.74) is -0.145. The topological polar surface area (TPSA) is 20.3 Å². The third kappa shape index (κ3) is 3.88. The highest BCUT2D eigenvalue weighted by atomic mass is 19.4. The first-order valence-electron chi connectivity index (χ1n) is 6.50. The predicted molar refractivity (Wildman–Crippen MR) is 73.2 cm³/mol. The fourth-order valence-electron chi connectivity index (χ4n) is 2.14. The summed E-state index contributed by atoms with van der Waals surface area (Å²) in [6.07, 6.45) is -2.29. The summed E-state index contributed by atoms with van der Waals surface area (Å²) >= 11 is 0. The summed E-state index contributed by atoms with van der Waals surface area (Å²) in [7, 11) is 0. The van der Waals surface area contributed by atoms with E-state index in [0.717, 1.165) is 18.6 Å². The molecule has 0 saturated carbocycles. The maximum Gasteiger partial charge on any atom is 0.416 e. The molecule has 5 heteroatoms. The zero-order valence-electron chi connectivity index (χ0n) is 11.3. The van der Waals surface area contributed by atoms with E-state index in [1.54, 1.807) is 4.90 Å². The van der Waals surface area contributed by atoms with Gasteiger partial charge in [-0.25, -0.2) is 0 Å². The molecule has 1 aliphatic heterocycles. The monoisotopic (exact) mass is 293 g/mol. The van der Waals surface area contributed by atoms with Gasteiger partial charge in [0.1, 0.15) is 0 Å². The molecule has 1 aromatic rings. The molecule has 0 spiro atoms. The van der Waals surface area contributed by atoms with Crippen LogP contribution < -0.4 is 0 Å². The molecular formula is C16H14F3NO. The van der Waals surface area contributed by atoms with E-state index in [-0.39, 0.29) is 11.8 Å². The molecule has 2 rings (SSSR count). The Morgan fingerprint density at radius 1 is 1.33 bits per heavy atom. The number of carbonyl (C=O) groups is 1. The molecule has 2 nitrogen and oxygen atoms in total. The molecule has 0 radical (unpaired) electrons. The van der Waals surface area contributed by atoms with E-state index >= 15 is 0 Å². The fraction of sp³-hybridized carbons (Fsp3) is 0.312. The lowest BCUT2D eigenvalue weighted by Crippen LogP contribution is -2.26. The maximum absolute atomic E-state index is 12.4. The third-order valence-electron chi connectivity index (χ3n) is 3.31. The molecular weight excluding hydrogens is 279 g/mol. The van der Waals surface area contributed by atoms with Gasteiger partial charge >= 0.3 is 6.18 Å². The van der Waals surface area contributed by atoms with Gasteiger partial charge in [0.15, 0.2) is 0 Å². The SMILES string of the molecule is C=CC(=O)N1CC[C@H](C#Cc2ccc(C(F)(F)F)cc2)C1. The predicted octanol–water partition coefficient (Wildman–Crippen LogP) is 3.09. The Hall–Kier alpha value is -2.22. The third-order valence-corrected chi connectivity index (χ3v) is 3.31. The minimum Gasteiger partial charge on any atom is -0.338 e. The number of likely N-dealkylation sites (tertiary alicyclic amines) is 1. The summed E-state index contributed by atoms with van der Waals surface area (Å²) in [4.78, 5) is 13.1. The normalized spacial score (nSPS) is 18.0. The van der Waals surface area contributed by atoms with Gasteiger partial charge in [-0.1, -0.05) is 18.4 Å². The standard InChI is InChI=1S/C16H14F3NO/c1-2-15(21)20-10-9-13(11-20)4-3-12-5-7-14(8-6-12)16(17,18)19/h2,5-8,13H,1,9-11H2/t13-/m0/s1. The van der Waals surface area contributed by atoms with Crippen LogP contribution in [0.5, 0.6) is 0 Å². The Morgan fingerprint density at radius 2 is 2.00 bits per heavy atom. The molecule has 1 fully saturated rings. The van der Waals surface area contributed by atoms with Crippen LogP contribution in [0.3, 0.4) is 0 Å². The number of hydrogen-bond donors (Lipinski definition) is 0. The van der Waals surface area contributed by atoms with Gasteiger partial charge in [0.05, 0.1) is 5.56 Å². The summed E-state index contributed by atoms with van der Waals surface area (Å²) < 4.78 is 37.3. The molecule has 1 aromatic carbocycles. The number of carbonyl (C=O) groups excluding carboxylic acids is 1. The molecule has 0 N–H and O–H groups in total. The first-order valence-corrected chi connectivity index (χ1v) is 6.50. The van der Waals surface area contributed by atoms with E-state index in [4.69, 9.17) is 0 Å². The zero-order chi connectivity index (χ0) is 15.5. The summed E-state index contributed by atoms with van der Waals surface area (Å²) in [5, 5.41) is 0. The van der Waals surface area contributed by atoms with Gasteiger partial charge in [-0.3, -0.25) is 4.79 Å². The highest BCUT2D eigenvalue weighted by Gasteiger charge is 2.29. The number of rotatable bonds is 1. The average Bonchev–Trinajstić information content (AvgIpc) is 2.92. The summed E-state index contributed by atoms with van der Waals surface area (Å²) in [6, 6.07) is 4.76. The van der Waals surface area contributed by atoms with Gasteiger partial charge in [0.2, 0.25) is 5.91 Å². The minimum absolute atomic E-state index is 0.0520. The number of nitrogens with zero attached hydrogens (tertiary/aromatic N) is 1. The van der Waals surface area contributed by atoms with Crippen LogP contribution in [0.15, 0.2) is 36.9 Å². The van der Waals surface area contributed by atoms with Crippen molar-refractivity contribution in [2.75, 3.05) is 13.1 Å². The number of amides is 1. The fourth-order valence-corrected chi connectivity index (χ4v) is 2.14. The molecule has 1 heterocycles. The number of hydrogen-bond acceptors (Lipinski definition) is 1. The van der Waals surface area contributed by atoms with Gasteiger partial charge in [0.25, 0.3) is 0 Å². The van der Waals surface area contributed by atoms with Crippen LogP contribution in [0.25, 0.3) is 0 Å². The van der Waals surface area contributed by atoms with Crippen molar-refractivity contribution in [3.8, 4) is 11.8 Å². The van der Waals surface area contributed by atoms with E-state index < -0.39 is 11.7 Å². The van der Waals surface area contributed by atoms with Crippen molar-refractivity contribution >= 4 is 5.91 Å². The van der Waals surface area contributed by atoms with Crippen molar-refractivity contribution in [1.82, 2.24) is 4.90 Å². The van der Waals surface area contributed by atoms with Gasteiger partial charge in [-0.2, -0.15) is 13.2 Å². The lowest BCUT2D eigenvalue weighted by molar-refractivity contribution is -0.137. The van der Waals surface area contributed by atoms with Crippen molar-refractivity contribution in [3.05, 3.63) is 48.0 Å². The van der Waals surface area contributed by atoms with E-state index in [1.807, 2.05) is 0 Å². The smallest absolute Gasteiger partial charge is 0.338 e. The molecule has 1 amide bonds. The molecule has 0 unspecified atom stereocenters. The lowest BCUT2D eigenvalue weighted by atomic mass is 10.1. The summed E-state index contributed by atoms with van der Waals surface area (Å²) in [6.45, 7) is 4.61. The van der Waals surface area contributed by atoms with E-state index in [0.29, 0.717) is 18.7 Å². The molecule has 1 atom stereocenters. The zero-order valence-corrected chi connectivity index (χ0v) is 11.3. The Bertz CT molecular complexity index is 593. The number of halogens is 3. The Kier molecular flexibility index (Phi) is 4.37. The number of benzene rings is 1. The summed E-state index contributed by atoms with van der Waals surface area (Å²) in [5.74, 6) is 5.80. The van der Waals surface area contributed by atoms with Crippen molar-refractivity contribution in [1.29, 1.82) is 0 Å². The molecule has 0 aromatic heterocycles. The highest BCUT2D eigenvalue weighted by molar-refractivity contribution is 5.87. The quantitative estimate of drug-likeness (QED) is 0.575. The molecule has 110 valence electrons. The lowest BCUT2D eigenvalue weighted by Gasteiger charge is -2.11. The van der Waals surface area contributed by atoms with Crippen LogP contribution >= 0.6 is 0 Å². The molecule has 0 bridgehead atoms. The highest BCUT2D eigenvalue weighted by Crippen LogP contribution is 2.29. The first kappa shape index (κ1) is 15.2. The van der Waals surface area contributed by atoms with Gasteiger partial charge < -0.3 is 4.90 Å². The van der Waals surface area contributed by atoms with Crippen LogP contribution in [-0.2, 0) is 11.0 Å². The van der Waals surface area contributed by atoms with E-state index in [2.05, 4.69) is 18.4 Å².